The predicted octanol–water partition coefficient (Wildman–Crippen LogP) is 2.86. The first-order valence-corrected chi connectivity index (χ1v) is 8.80. The van der Waals surface area contributed by atoms with Crippen molar-refractivity contribution in [3.8, 4) is 11.4 Å². The fraction of sp³-hybridized carbons (Fsp3) is 0.368. The smallest absolute Gasteiger partial charge is 0.340 e. The zero-order valence-electron chi connectivity index (χ0n) is 16.0. The summed E-state index contributed by atoms with van der Waals surface area (Å²) in [7, 11) is 1.63. The van der Waals surface area contributed by atoms with Crippen LogP contribution >= 0.6 is 0 Å². The molecule has 2 heterocycles. The Morgan fingerprint density at radius 3 is 2.59 bits per heavy atom. The highest BCUT2D eigenvalue weighted by Gasteiger charge is 2.19. The number of aromatic nitrogens is 5. The summed E-state index contributed by atoms with van der Waals surface area (Å²) in [5.41, 5.74) is 3.24. The average Bonchev–Trinajstić information content (AvgIpc) is 3.24. The van der Waals surface area contributed by atoms with E-state index in [1.54, 1.807) is 11.8 Å². The molecule has 8 nitrogen and oxygen atoms in total. The number of methoxy groups -OCH3 is 1. The minimum atomic E-state index is -0.395. The van der Waals surface area contributed by atoms with E-state index < -0.39 is 5.97 Å². The van der Waals surface area contributed by atoms with Gasteiger partial charge in [0.2, 0.25) is 0 Å². The van der Waals surface area contributed by atoms with Gasteiger partial charge in [0.15, 0.2) is 12.4 Å². The Hall–Kier alpha value is -3.16. The van der Waals surface area contributed by atoms with Crippen LogP contribution in [-0.4, -0.2) is 37.9 Å². The van der Waals surface area contributed by atoms with Gasteiger partial charge in [0.05, 0.1) is 12.7 Å². The van der Waals surface area contributed by atoms with Crippen molar-refractivity contribution in [1.82, 2.24) is 24.8 Å². The summed E-state index contributed by atoms with van der Waals surface area (Å²) in [6.45, 7) is 6.61. The number of ether oxygens (including phenoxy) is 2. The lowest BCUT2D eigenvalue weighted by atomic mass is 10.2. The second kappa shape index (κ2) is 8.03. The van der Waals surface area contributed by atoms with E-state index in [9.17, 15) is 4.79 Å². The van der Waals surface area contributed by atoms with Crippen LogP contribution in [0.2, 0.25) is 0 Å². The third-order valence-electron chi connectivity index (χ3n) is 4.36. The third-order valence-corrected chi connectivity index (χ3v) is 4.36. The van der Waals surface area contributed by atoms with E-state index in [0.29, 0.717) is 17.9 Å². The molecule has 0 aliphatic carbocycles. The largest absolute Gasteiger partial charge is 0.497 e. The molecule has 1 aromatic carbocycles. The van der Waals surface area contributed by atoms with Crippen LogP contribution in [0.25, 0.3) is 5.69 Å². The molecule has 3 rings (SSSR count). The molecule has 0 unspecified atom stereocenters. The zero-order valence-corrected chi connectivity index (χ0v) is 16.0. The second-order valence-corrected chi connectivity index (χ2v) is 6.21. The molecule has 0 aliphatic heterocycles. The van der Waals surface area contributed by atoms with Gasteiger partial charge in [0.1, 0.15) is 5.75 Å². The van der Waals surface area contributed by atoms with Gasteiger partial charge in [-0.2, -0.15) is 0 Å². The lowest BCUT2D eigenvalue weighted by Crippen LogP contribution is -2.11. The summed E-state index contributed by atoms with van der Waals surface area (Å²) in [4.78, 5) is 12.6. The number of rotatable bonds is 7. The van der Waals surface area contributed by atoms with Crippen molar-refractivity contribution in [3.05, 3.63) is 53.1 Å². The van der Waals surface area contributed by atoms with E-state index >= 15 is 0 Å². The molecule has 3 aromatic rings. The van der Waals surface area contributed by atoms with Crippen LogP contribution in [0.5, 0.6) is 5.75 Å². The Morgan fingerprint density at radius 1 is 1.19 bits per heavy atom. The number of aryl methyl sites for hydroxylation is 2. The van der Waals surface area contributed by atoms with E-state index in [1.807, 2.05) is 55.7 Å². The molecule has 8 heteroatoms. The number of carbonyl (C=O) groups is 1. The van der Waals surface area contributed by atoms with Crippen molar-refractivity contribution >= 4 is 5.97 Å². The highest BCUT2D eigenvalue weighted by molar-refractivity contribution is 5.91. The molecule has 0 saturated heterocycles. The summed E-state index contributed by atoms with van der Waals surface area (Å²) >= 11 is 0. The quantitative estimate of drug-likeness (QED) is 0.596. The molecule has 0 radical (unpaired) electrons. The van der Waals surface area contributed by atoms with Crippen LogP contribution in [0.1, 0.15) is 40.9 Å². The number of carbonyl (C=O) groups excluding carboxylic acids is 1. The fourth-order valence-corrected chi connectivity index (χ4v) is 3.02. The minimum Gasteiger partial charge on any atom is -0.497 e. The van der Waals surface area contributed by atoms with Gasteiger partial charge in [0, 0.05) is 23.6 Å². The number of nitrogens with zero attached hydrogens (tertiary/aromatic N) is 5. The van der Waals surface area contributed by atoms with Gasteiger partial charge >= 0.3 is 5.97 Å². The summed E-state index contributed by atoms with van der Waals surface area (Å²) < 4.78 is 14.3. The van der Waals surface area contributed by atoms with Crippen molar-refractivity contribution in [1.29, 1.82) is 0 Å². The number of hydrogen-bond acceptors (Lipinski definition) is 6. The number of esters is 1. The molecule has 142 valence electrons. The van der Waals surface area contributed by atoms with E-state index in [-0.39, 0.29) is 6.61 Å². The van der Waals surface area contributed by atoms with Gasteiger partial charge < -0.3 is 14.0 Å². The Morgan fingerprint density at radius 2 is 1.93 bits per heavy atom. The van der Waals surface area contributed by atoms with Gasteiger partial charge in [-0.05, 0) is 61.0 Å². The highest BCUT2D eigenvalue weighted by atomic mass is 16.5. The maximum Gasteiger partial charge on any atom is 0.340 e. The molecule has 0 spiro atoms. The molecule has 27 heavy (non-hydrogen) atoms. The van der Waals surface area contributed by atoms with E-state index in [2.05, 4.69) is 15.5 Å². The van der Waals surface area contributed by atoms with Crippen molar-refractivity contribution in [2.45, 2.75) is 40.3 Å². The van der Waals surface area contributed by atoms with Crippen molar-refractivity contribution in [3.63, 3.8) is 0 Å². The zero-order chi connectivity index (χ0) is 19.4. The fourth-order valence-electron chi connectivity index (χ4n) is 3.02. The standard InChI is InChI=1S/C19H23N5O3/c1-5-10-23-18(20-21-22-23)12-27-19(25)17-11-13(2)24(14(17)3)15-6-8-16(26-4)9-7-15/h6-9,11H,5,10,12H2,1-4H3. The molecule has 0 atom stereocenters. The van der Waals surface area contributed by atoms with Crippen LogP contribution in [-0.2, 0) is 17.9 Å². The topological polar surface area (TPSA) is 84.1 Å². The Bertz CT molecular complexity index is 927. The number of hydrogen-bond donors (Lipinski definition) is 0. The summed E-state index contributed by atoms with van der Waals surface area (Å²) in [5, 5.41) is 11.5. The molecule has 0 bridgehead atoms. The van der Waals surface area contributed by atoms with Crippen LogP contribution in [0, 0.1) is 13.8 Å². The van der Waals surface area contributed by atoms with Crippen molar-refractivity contribution in [2.75, 3.05) is 7.11 Å². The lowest BCUT2D eigenvalue weighted by Gasteiger charge is -2.11. The summed E-state index contributed by atoms with van der Waals surface area (Å²) in [6.07, 6.45) is 0.898. The molecule has 0 fully saturated rings. The second-order valence-electron chi connectivity index (χ2n) is 6.21. The van der Waals surface area contributed by atoms with E-state index in [4.69, 9.17) is 9.47 Å². The molecule has 0 saturated carbocycles. The Kier molecular flexibility index (Phi) is 5.54. The third kappa shape index (κ3) is 3.84. The molecular weight excluding hydrogens is 346 g/mol. The Labute approximate surface area is 157 Å². The summed E-state index contributed by atoms with van der Waals surface area (Å²) in [5.74, 6) is 0.925. The van der Waals surface area contributed by atoms with Crippen molar-refractivity contribution in [2.24, 2.45) is 0 Å². The first-order valence-electron chi connectivity index (χ1n) is 8.80. The Balaban J connectivity index is 1.78. The summed E-state index contributed by atoms with van der Waals surface area (Å²) in [6, 6.07) is 9.51. The van der Waals surface area contributed by atoms with Gasteiger partial charge in [-0.1, -0.05) is 6.92 Å². The minimum absolute atomic E-state index is 0.0397. The van der Waals surface area contributed by atoms with Gasteiger partial charge in [-0.3, -0.25) is 0 Å². The monoisotopic (exact) mass is 369 g/mol. The normalized spacial score (nSPS) is 10.8. The van der Waals surface area contributed by atoms with Crippen LogP contribution in [0.15, 0.2) is 30.3 Å². The van der Waals surface area contributed by atoms with E-state index in [1.165, 1.54) is 0 Å². The maximum absolute atomic E-state index is 12.6. The number of tetrazole rings is 1. The van der Waals surface area contributed by atoms with Gasteiger partial charge in [-0.25, -0.2) is 9.48 Å². The molecule has 2 aromatic heterocycles. The average molecular weight is 369 g/mol. The molecule has 0 aliphatic rings. The van der Waals surface area contributed by atoms with Crippen LogP contribution < -0.4 is 4.74 Å². The maximum atomic E-state index is 12.6. The van der Waals surface area contributed by atoms with Crippen molar-refractivity contribution < 1.29 is 14.3 Å². The van der Waals surface area contributed by atoms with Gasteiger partial charge in [0.25, 0.3) is 0 Å². The van der Waals surface area contributed by atoms with Crippen LogP contribution in [0.3, 0.4) is 0 Å². The number of benzene rings is 1. The SMILES string of the molecule is CCCn1nnnc1COC(=O)c1cc(C)n(-c2ccc(OC)cc2)c1C. The highest BCUT2D eigenvalue weighted by Crippen LogP contribution is 2.23. The van der Waals surface area contributed by atoms with Gasteiger partial charge in [-0.15, -0.1) is 5.10 Å². The van der Waals surface area contributed by atoms with Crippen LogP contribution in [0.4, 0.5) is 0 Å². The first kappa shape index (κ1) is 18.6. The predicted molar refractivity (Wildman–Crippen MR) is 99.0 cm³/mol. The molecule has 0 N–H and O–H groups in total. The molecular formula is C19H23N5O3. The first-order chi connectivity index (χ1) is 13.0. The lowest BCUT2D eigenvalue weighted by molar-refractivity contribution is 0.0455. The van der Waals surface area contributed by atoms with E-state index in [0.717, 1.165) is 29.2 Å². The molecule has 0 amide bonds.